The number of fused-ring (bicyclic) bond motifs is 5. The number of aromatic nitrogens is 1. The number of nitrogens with one attached hydrogen (secondary N) is 2. The Morgan fingerprint density at radius 3 is 3.19 bits per heavy atom. The second-order valence-electron chi connectivity index (χ2n) is 8.03. The lowest BCUT2D eigenvalue weighted by atomic mass is 9.73. The van der Waals surface area contributed by atoms with Crippen molar-refractivity contribution in [3.8, 4) is 0 Å². The Hall–Kier alpha value is -1.50. The number of benzene rings is 1. The molecular weight excluding hydrogens is 344 g/mol. The van der Waals surface area contributed by atoms with Gasteiger partial charge in [0.2, 0.25) is 0 Å². The van der Waals surface area contributed by atoms with Crippen LogP contribution in [-0.2, 0) is 0 Å². The fraction of sp³-hybridized carbons (Fsp3) is 0.600. The topological polar surface area (TPSA) is 57.3 Å². The zero-order valence-electron chi connectivity index (χ0n) is 15.0. The van der Waals surface area contributed by atoms with E-state index in [0.717, 1.165) is 34.8 Å². The first kappa shape index (κ1) is 16.7. The lowest BCUT2D eigenvalue weighted by Crippen LogP contribution is -2.65. The molecule has 5 rings (SSSR count). The first-order valence-corrected chi connectivity index (χ1v) is 10.8. The first-order chi connectivity index (χ1) is 12.8. The van der Waals surface area contributed by atoms with Crippen LogP contribution in [0.15, 0.2) is 23.7 Å². The third-order valence-corrected chi connectivity index (χ3v) is 7.38. The van der Waals surface area contributed by atoms with Gasteiger partial charge in [-0.15, -0.1) is 11.3 Å². The van der Waals surface area contributed by atoms with E-state index in [0.29, 0.717) is 18.0 Å². The standard InChI is InChI=1S/C20H26N4OS/c25-20(13-4-5-16-19(8-13)26-12-23-16)22-11-18-15-7-14(9-21-10-15)17-3-1-2-6-24(17)18/h4-5,8,12,14-15,17-18,21H,1-3,6-7,9-11H2,(H,22,25)/t14-,15+,17+,18+/m1/s1. The van der Waals surface area contributed by atoms with Crippen molar-refractivity contribution >= 4 is 27.5 Å². The van der Waals surface area contributed by atoms with E-state index < -0.39 is 0 Å². The van der Waals surface area contributed by atoms with Gasteiger partial charge in [0.15, 0.2) is 0 Å². The van der Waals surface area contributed by atoms with Crippen molar-refractivity contribution in [1.82, 2.24) is 20.5 Å². The van der Waals surface area contributed by atoms with Crippen molar-refractivity contribution in [2.45, 2.75) is 37.8 Å². The molecule has 2 bridgehead atoms. The van der Waals surface area contributed by atoms with Gasteiger partial charge in [-0.3, -0.25) is 9.69 Å². The first-order valence-electron chi connectivity index (χ1n) is 9.87. The van der Waals surface area contributed by atoms with Crippen LogP contribution in [0.2, 0.25) is 0 Å². The maximum Gasteiger partial charge on any atom is 0.251 e. The Bertz CT molecular complexity index is 806. The summed E-state index contributed by atoms with van der Waals surface area (Å²) in [5, 5.41) is 6.88. The van der Waals surface area contributed by atoms with E-state index in [2.05, 4.69) is 20.5 Å². The van der Waals surface area contributed by atoms with Gasteiger partial charge in [0, 0.05) is 24.2 Å². The van der Waals surface area contributed by atoms with Crippen LogP contribution in [0, 0.1) is 11.8 Å². The molecule has 0 aliphatic carbocycles. The van der Waals surface area contributed by atoms with Gasteiger partial charge in [0.25, 0.3) is 5.91 Å². The van der Waals surface area contributed by atoms with E-state index in [1.165, 1.54) is 38.8 Å². The number of hydrogen-bond donors (Lipinski definition) is 2. The molecule has 26 heavy (non-hydrogen) atoms. The molecule has 3 aliphatic rings. The predicted octanol–water partition coefficient (Wildman–Crippen LogP) is 2.49. The second kappa shape index (κ2) is 6.91. The van der Waals surface area contributed by atoms with Gasteiger partial charge in [-0.2, -0.15) is 0 Å². The Labute approximate surface area is 158 Å². The van der Waals surface area contributed by atoms with E-state index in [4.69, 9.17) is 0 Å². The van der Waals surface area contributed by atoms with E-state index in [1.54, 1.807) is 11.3 Å². The van der Waals surface area contributed by atoms with Crippen molar-refractivity contribution in [3.63, 3.8) is 0 Å². The highest BCUT2D eigenvalue weighted by molar-refractivity contribution is 7.16. The lowest BCUT2D eigenvalue weighted by molar-refractivity contribution is -0.0371. The van der Waals surface area contributed by atoms with Crippen molar-refractivity contribution in [2.24, 2.45) is 11.8 Å². The molecule has 1 aromatic heterocycles. The largest absolute Gasteiger partial charge is 0.350 e. The highest BCUT2D eigenvalue weighted by Crippen LogP contribution is 2.38. The summed E-state index contributed by atoms with van der Waals surface area (Å²) in [4.78, 5) is 19.7. The molecule has 0 radical (unpaired) electrons. The molecule has 0 unspecified atom stereocenters. The molecule has 3 saturated heterocycles. The Balaban J connectivity index is 1.30. The van der Waals surface area contributed by atoms with E-state index in [-0.39, 0.29) is 5.91 Å². The van der Waals surface area contributed by atoms with E-state index >= 15 is 0 Å². The number of rotatable bonds is 3. The van der Waals surface area contributed by atoms with Crippen LogP contribution in [0.1, 0.15) is 36.0 Å². The van der Waals surface area contributed by atoms with Gasteiger partial charge >= 0.3 is 0 Å². The smallest absolute Gasteiger partial charge is 0.251 e. The summed E-state index contributed by atoms with van der Waals surface area (Å²) in [5.41, 5.74) is 3.54. The van der Waals surface area contributed by atoms with Gasteiger partial charge in [-0.1, -0.05) is 6.42 Å². The predicted molar refractivity (Wildman–Crippen MR) is 105 cm³/mol. The van der Waals surface area contributed by atoms with Gasteiger partial charge in [0.05, 0.1) is 15.7 Å². The summed E-state index contributed by atoms with van der Waals surface area (Å²) < 4.78 is 1.07. The van der Waals surface area contributed by atoms with Gasteiger partial charge in [0.1, 0.15) is 0 Å². The molecule has 4 heterocycles. The quantitative estimate of drug-likeness (QED) is 0.872. The molecule has 0 spiro atoms. The Morgan fingerprint density at radius 1 is 1.31 bits per heavy atom. The van der Waals surface area contributed by atoms with Gasteiger partial charge < -0.3 is 10.6 Å². The fourth-order valence-electron chi connectivity index (χ4n) is 5.34. The van der Waals surface area contributed by atoms with E-state index in [9.17, 15) is 4.79 Å². The number of nitrogens with zero attached hydrogens (tertiary/aromatic N) is 2. The SMILES string of the molecule is O=C(NC[C@H]1[C@@H]2CNC[C@@H](C2)[C@@H]2CCCCN21)c1ccc2ncsc2c1. The zero-order valence-corrected chi connectivity index (χ0v) is 15.8. The van der Waals surface area contributed by atoms with E-state index in [1.807, 2.05) is 23.7 Å². The molecule has 2 N–H and O–H groups in total. The summed E-state index contributed by atoms with van der Waals surface area (Å²) in [6, 6.07) is 6.98. The normalized spacial score (nSPS) is 31.5. The van der Waals surface area contributed by atoms with Gasteiger partial charge in [-0.05, 0) is 68.9 Å². The number of piperidine rings is 3. The second-order valence-corrected chi connectivity index (χ2v) is 8.91. The number of hydrogen-bond acceptors (Lipinski definition) is 5. The van der Waals surface area contributed by atoms with Gasteiger partial charge in [-0.25, -0.2) is 4.98 Å². The number of amides is 1. The van der Waals surface area contributed by atoms with Crippen LogP contribution in [0.4, 0.5) is 0 Å². The van der Waals surface area contributed by atoms with Crippen LogP contribution in [0.5, 0.6) is 0 Å². The number of carbonyl (C=O) groups excluding carboxylic acids is 1. The molecule has 1 amide bonds. The maximum atomic E-state index is 12.7. The summed E-state index contributed by atoms with van der Waals surface area (Å²) >= 11 is 1.58. The minimum absolute atomic E-state index is 0.0414. The molecule has 1 aromatic carbocycles. The molecule has 3 aliphatic heterocycles. The molecule has 2 aromatic rings. The van der Waals surface area contributed by atoms with Crippen molar-refractivity contribution in [3.05, 3.63) is 29.3 Å². The van der Waals surface area contributed by atoms with Crippen LogP contribution in [-0.4, -0.2) is 54.1 Å². The highest BCUT2D eigenvalue weighted by atomic mass is 32.1. The molecule has 3 fully saturated rings. The number of carbonyl (C=O) groups is 1. The Kier molecular flexibility index (Phi) is 4.43. The molecule has 6 heteroatoms. The summed E-state index contributed by atoms with van der Waals surface area (Å²) in [5.74, 6) is 1.50. The highest BCUT2D eigenvalue weighted by Gasteiger charge is 2.45. The number of thiazole rings is 1. The van der Waals surface area contributed by atoms with Crippen LogP contribution < -0.4 is 10.6 Å². The Morgan fingerprint density at radius 2 is 2.23 bits per heavy atom. The lowest BCUT2D eigenvalue weighted by Gasteiger charge is -2.55. The minimum Gasteiger partial charge on any atom is -0.350 e. The molecular formula is C20H26N4OS. The average molecular weight is 371 g/mol. The molecule has 4 atom stereocenters. The average Bonchev–Trinajstić information content (AvgIpc) is 3.16. The zero-order chi connectivity index (χ0) is 17.5. The third-order valence-electron chi connectivity index (χ3n) is 6.59. The van der Waals surface area contributed by atoms with Crippen LogP contribution in [0.3, 0.4) is 0 Å². The van der Waals surface area contributed by atoms with Crippen molar-refractivity contribution in [2.75, 3.05) is 26.2 Å². The third kappa shape index (κ3) is 2.94. The molecule has 5 nitrogen and oxygen atoms in total. The molecule has 0 saturated carbocycles. The summed E-state index contributed by atoms with van der Waals surface area (Å²) in [6.07, 6.45) is 5.30. The maximum absolute atomic E-state index is 12.7. The minimum atomic E-state index is 0.0414. The monoisotopic (exact) mass is 370 g/mol. The summed E-state index contributed by atoms with van der Waals surface area (Å²) in [6.45, 7) is 4.22. The van der Waals surface area contributed by atoms with Crippen LogP contribution in [0.25, 0.3) is 10.2 Å². The fourth-order valence-corrected chi connectivity index (χ4v) is 6.06. The van der Waals surface area contributed by atoms with Crippen molar-refractivity contribution in [1.29, 1.82) is 0 Å². The van der Waals surface area contributed by atoms with Crippen molar-refractivity contribution < 1.29 is 4.79 Å². The molecule has 138 valence electrons. The summed E-state index contributed by atoms with van der Waals surface area (Å²) in [7, 11) is 0. The van der Waals surface area contributed by atoms with Crippen LogP contribution >= 0.6 is 11.3 Å².